The first kappa shape index (κ1) is 20.6. The Morgan fingerprint density at radius 3 is 2.54 bits per heavy atom. The highest BCUT2D eigenvalue weighted by Gasteiger charge is 2.12. The molecule has 0 aliphatic heterocycles. The van der Waals surface area contributed by atoms with Crippen LogP contribution in [-0.4, -0.2) is 42.6 Å². The van der Waals surface area contributed by atoms with Gasteiger partial charge in [0.05, 0.1) is 25.0 Å². The number of anilines is 2. The van der Waals surface area contributed by atoms with E-state index < -0.39 is 6.10 Å². The molecule has 1 rings (SSSR count). The molecule has 0 aromatic heterocycles. The third kappa shape index (κ3) is 7.41. The molecule has 4 N–H and O–H groups in total. The molecule has 0 spiro atoms. The molecule has 5 heteroatoms. The van der Waals surface area contributed by atoms with Crippen molar-refractivity contribution < 1.29 is 14.9 Å². The Morgan fingerprint density at radius 2 is 1.88 bits per heavy atom. The van der Waals surface area contributed by atoms with Crippen molar-refractivity contribution in [2.24, 2.45) is 0 Å². The van der Waals surface area contributed by atoms with Crippen molar-refractivity contribution in [3.63, 3.8) is 0 Å². The summed E-state index contributed by atoms with van der Waals surface area (Å²) in [4.78, 5) is 2.24. The van der Waals surface area contributed by atoms with E-state index in [2.05, 4.69) is 18.7 Å². The smallest absolute Gasteiger partial charge is 0.144 e. The SMILES string of the molecule is CCCCCN(CCC(O)CO)c1ccc(N)c(OCCCC)c1. The number of hydrogen-bond donors (Lipinski definition) is 3. The van der Waals surface area contributed by atoms with Gasteiger partial charge in [-0.1, -0.05) is 33.1 Å². The summed E-state index contributed by atoms with van der Waals surface area (Å²) >= 11 is 0. The molecule has 1 aromatic rings. The highest BCUT2D eigenvalue weighted by Crippen LogP contribution is 2.28. The maximum atomic E-state index is 9.65. The second-order valence-corrected chi connectivity index (χ2v) is 6.24. The van der Waals surface area contributed by atoms with Crippen molar-refractivity contribution in [2.45, 2.75) is 58.5 Å². The van der Waals surface area contributed by atoms with Gasteiger partial charge < -0.3 is 25.6 Å². The number of hydrogen-bond acceptors (Lipinski definition) is 5. The molecule has 0 bridgehead atoms. The van der Waals surface area contributed by atoms with Crippen LogP contribution in [-0.2, 0) is 0 Å². The van der Waals surface area contributed by atoms with E-state index in [1.54, 1.807) is 0 Å². The van der Waals surface area contributed by atoms with Gasteiger partial charge in [-0.05, 0) is 31.4 Å². The number of nitrogen functional groups attached to an aromatic ring is 1. The van der Waals surface area contributed by atoms with Crippen LogP contribution in [0, 0.1) is 0 Å². The Morgan fingerprint density at radius 1 is 1.12 bits per heavy atom. The van der Waals surface area contributed by atoms with Crippen LogP contribution in [0.25, 0.3) is 0 Å². The summed E-state index contributed by atoms with van der Waals surface area (Å²) < 4.78 is 5.80. The largest absolute Gasteiger partial charge is 0.491 e. The first-order valence-corrected chi connectivity index (χ1v) is 9.18. The third-order valence-corrected chi connectivity index (χ3v) is 4.09. The number of unbranched alkanes of at least 4 members (excludes halogenated alkanes) is 3. The van der Waals surface area contributed by atoms with Crippen molar-refractivity contribution in [1.82, 2.24) is 0 Å². The molecule has 0 saturated heterocycles. The first-order chi connectivity index (χ1) is 11.6. The molecular weight excluding hydrogens is 304 g/mol. The minimum Gasteiger partial charge on any atom is -0.491 e. The molecule has 138 valence electrons. The summed E-state index contributed by atoms with van der Waals surface area (Å²) in [5.41, 5.74) is 7.72. The monoisotopic (exact) mass is 338 g/mol. The predicted octanol–water partition coefficient (Wildman–Crippen LogP) is 3.19. The van der Waals surface area contributed by atoms with Crippen molar-refractivity contribution in [2.75, 3.05) is 36.9 Å². The van der Waals surface area contributed by atoms with Crippen LogP contribution in [0.15, 0.2) is 18.2 Å². The highest BCUT2D eigenvalue weighted by molar-refractivity contribution is 5.62. The van der Waals surface area contributed by atoms with Gasteiger partial charge in [-0.25, -0.2) is 0 Å². The van der Waals surface area contributed by atoms with E-state index >= 15 is 0 Å². The van der Waals surface area contributed by atoms with Gasteiger partial charge in [-0.15, -0.1) is 0 Å². The van der Waals surface area contributed by atoms with Gasteiger partial charge in [-0.3, -0.25) is 0 Å². The lowest BCUT2D eigenvalue weighted by atomic mass is 10.1. The lowest BCUT2D eigenvalue weighted by molar-refractivity contribution is 0.0897. The van der Waals surface area contributed by atoms with Crippen molar-refractivity contribution in [3.8, 4) is 5.75 Å². The lowest BCUT2D eigenvalue weighted by Gasteiger charge is -2.26. The summed E-state index contributed by atoms with van der Waals surface area (Å²) in [5, 5.41) is 18.7. The van der Waals surface area contributed by atoms with Gasteiger partial charge in [0.15, 0.2) is 0 Å². The normalized spacial score (nSPS) is 12.2. The molecule has 0 saturated carbocycles. The van der Waals surface area contributed by atoms with Gasteiger partial charge in [0.1, 0.15) is 5.75 Å². The molecular formula is C19H34N2O3. The van der Waals surface area contributed by atoms with Crippen LogP contribution >= 0.6 is 0 Å². The molecule has 1 unspecified atom stereocenters. The summed E-state index contributed by atoms with van der Waals surface area (Å²) in [5.74, 6) is 0.726. The van der Waals surface area contributed by atoms with E-state index in [-0.39, 0.29) is 6.61 Å². The zero-order chi connectivity index (χ0) is 17.8. The van der Waals surface area contributed by atoms with Crippen LogP contribution in [0.2, 0.25) is 0 Å². The number of aliphatic hydroxyl groups is 2. The fourth-order valence-electron chi connectivity index (χ4n) is 2.49. The third-order valence-electron chi connectivity index (χ3n) is 4.09. The number of benzene rings is 1. The van der Waals surface area contributed by atoms with E-state index in [1.165, 1.54) is 12.8 Å². The quantitative estimate of drug-likeness (QED) is 0.380. The molecule has 1 aromatic carbocycles. The van der Waals surface area contributed by atoms with Crippen molar-refractivity contribution in [1.29, 1.82) is 0 Å². The number of nitrogens with two attached hydrogens (primary N) is 1. The molecule has 1 atom stereocenters. The topological polar surface area (TPSA) is 79.0 Å². The second kappa shape index (κ2) is 12.0. The molecule has 0 heterocycles. The first-order valence-electron chi connectivity index (χ1n) is 9.18. The maximum Gasteiger partial charge on any atom is 0.144 e. The molecule has 0 radical (unpaired) electrons. The van der Waals surface area contributed by atoms with Crippen molar-refractivity contribution in [3.05, 3.63) is 18.2 Å². The summed E-state index contributed by atoms with van der Waals surface area (Å²) in [6.07, 6.45) is 5.40. The van der Waals surface area contributed by atoms with Gasteiger partial charge in [0.2, 0.25) is 0 Å². The number of ether oxygens (including phenoxy) is 1. The Labute approximate surface area is 146 Å². The average Bonchev–Trinajstić information content (AvgIpc) is 2.59. The zero-order valence-electron chi connectivity index (χ0n) is 15.2. The number of rotatable bonds is 13. The molecule has 5 nitrogen and oxygen atoms in total. The molecule has 24 heavy (non-hydrogen) atoms. The average molecular weight is 338 g/mol. The standard InChI is InChI=1S/C19H34N2O3/c1-3-5-7-11-21(12-10-17(23)15-22)16-8-9-18(20)19(14-16)24-13-6-4-2/h8-9,14,17,22-23H,3-7,10-13,15,20H2,1-2H3. The van der Waals surface area contributed by atoms with Crippen LogP contribution in [0.3, 0.4) is 0 Å². The van der Waals surface area contributed by atoms with Crippen LogP contribution in [0.4, 0.5) is 11.4 Å². The molecule has 0 aliphatic rings. The van der Waals surface area contributed by atoms with E-state index in [4.69, 9.17) is 15.6 Å². The number of aliphatic hydroxyl groups excluding tert-OH is 2. The summed E-state index contributed by atoms with van der Waals surface area (Å²) in [6, 6.07) is 5.87. The van der Waals surface area contributed by atoms with Crippen LogP contribution in [0.1, 0.15) is 52.4 Å². The van der Waals surface area contributed by atoms with Gasteiger partial charge in [-0.2, -0.15) is 0 Å². The summed E-state index contributed by atoms with van der Waals surface area (Å²) in [7, 11) is 0. The Kier molecular flexibility index (Phi) is 10.3. The zero-order valence-corrected chi connectivity index (χ0v) is 15.2. The van der Waals surface area contributed by atoms with E-state index in [0.717, 1.165) is 37.2 Å². The fourth-order valence-corrected chi connectivity index (χ4v) is 2.49. The van der Waals surface area contributed by atoms with E-state index in [0.29, 0.717) is 25.3 Å². The highest BCUT2D eigenvalue weighted by atomic mass is 16.5. The Bertz CT molecular complexity index is 454. The van der Waals surface area contributed by atoms with Crippen molar-refractivity contribution >= 4 is 11.4 Å². The van der Waals surface area contributed by atoms with Gasteiger partial charge >= 0.3 is 0 Å². The minimum atomic E-state index is -0.673. The molecule has 0 fully saturated rings. The Balaban J connectivity index is 2.79. The molecule has 0 amide bonds. The van der Waals surface area contributed by atoms with E-state index in [9.17, 15) is 5.11 Å². The number of nitrogens with zero attached hydrogens (tertiary/aromatic N) is 1. The van der Waals surface area contributed by atoms with E-state index in [1.807, 2.05) is 18.2 Å². The van der Waals surface area contributed by atoms with Gasteiger partial charge in [0, 0.05) is 24.8 Å². The minimum absolute atomic E-state index is 0.198. The maximum absolute atomic E-state index is 9.65. The second-order valence-electron chi connectivity index (χ2n) is 6.24. The van der Waals surface area contributed by atoms with Crippen LogP contribution < -0.4 is 15.4 Å². The summed E-state index contributed by atoms with van der Waals surface area (Å²) in [6.45, 7) is 6.40. The van der Waals surface area contributed by atoms with Gasteiger partial charge in [0.25, 0.3) is 0 Å². The Hall–Kier alpha value is -1.46. The predicted molar refractivity (Wildman–Crippen MR) is 101 cm³/mol. The fraction of sp³-hybridized carbons (Fsp3) is 0.684. The molecule has 0 aliphatic carbocycles. The lowest BCUT2D eigenvalue weighted by Crippen LogP contribution is -2.29. The van der Waals surface area contributed by atoms with Crippen LogP contribution in [0.5, 0.6) is 5.75 Å².